The number of hydrogen-bond donors (Lipinski definition) is 1. The van der Waals surface area contributed by atoms with E-state index in [-0.39, 0.29) is 0 Å². The van der Waals surface area contributed by atoms with E-state index in [2.05, 4.69) is 19.7 Å². The van der Waals surface area contributed by atoms with Crippen molar-refractivity contribution in [1.29, 1.82) is 0 Å². The summed E-state index contributed by atoms with van der Waals surface area (Å²) in [5, 5.41) is 6.77. The van der Waals surface area contributed by atoms with E-state index in [1.807, 2.05) is 30.3 Å². The fraction of sp³-hybridized carbons (Fsp3) is 0.348. The minimum atomic E-state index is -3.50. The Balaban J connectivity index is 1.06. The Bertz CT molecular complexity index is 1360. The molecule has 1 saturated heterocycles. The number of rotatable bonds is 8. The molecule has 33 heavy (non-hydrogen) atoms. The second kappa shape index (κ2) is 9.60. The summed E-state index contributed by atoms with van der Waals surface area (Å²) in [7, 11) is -3.50. The third-order valence-corrected chi connectivity index (χ3v) is 9.23. The van der Waals surface area contributed by atoms with Crippen LogP contribution in [0, 0.1) is 0 Å². The van der Waals surface area contributed by atoms with Gasteiger partial charge in [-0.3, -0.25) is 4.90 Å². The van der Waals surface area contributed by atoms with Gasteiger partial charge in [0.15, 0.2) is 11.4 Å². The molecule has 3 heterocycles. The quantitative estimate of drug-likeness (QED) is 0.354. The molecule has 0 saturated carbocycles. The Morgan fingerprint density at radius 3 is 2.73 bits per heavy atom. The molecule has 1 aliphatic heterocycles. The van der Waals surface area contributed by atoms with E-state index in [0.717, 1.165) is 72.4 Å². The van der Waals surface area contributed by atoms with E-state index in [1.54, 1.807) is 18.2 Å². The largest absolute Gasteiger partial charge is 0.354 e. The molecule has 0 radical (unpaired) electrons. The van der Waals surface area contributed by atoms with E-state index in [1.165, 1.54) is 11.3 Å². The number of para-hydroxylation sites is 1. The summed E-state index contributed by atoms with van der Waals surface area (Å²) < 4.78 is 34.7. The van der Waals surface area contributed by atoms with Crippen LogP contribution in [-0.2, 0) is 10.0 Å². The van der Waals surface area contributed by atoms with Crippen LogP contribution in [0.2, 0.25) is 5.02 Å². The van der Waals surface area contributed by atoms with Crippen LogP contribution in [-0.4, -0.2) is 57.7 Å². The molecule has 10 heteroatoms. The second-order valence-electron chi connectivity index (χ2n) is 8.18. The first-order chi connectivity index (χ1) is 16.0. The SMILES string of the molecule is O=S(=O)(NCCCCN1CCN(c2noc3ccccc23)CC1)c1cc2cc(Cl)ccc2s1. The first-order valence-corrected chi connectivity index (χ1v) is 13.7. The van der Waals surface area contributed by atoms with E-state index < -0.39 is 10.0 Å². The van der Waals surface area contributed by atoms with Crippen LogP contribution >= 0.6 is 22.9 Å². The van der Waals surface area contributed by atoms with E-state index in [0.29, 0.717) is 15.8 Å². The Kier molecular flexibility index (Phi) is 6.58. The fourth-order valence-corrected chi connectivity index (χ4v) is 6.82. The minimum Gasteiger partial charge on any atom is -0.354 e. The van der Waals surface area contributed by atoms with Gasteiger partial charge in [0, 0.05) is 42.4 Å². The lowest BCUT2D eigenvalue weighted by molar-refractivity contribution is 0.252. The van der Waals surface area contributed by atoms with E-state index in [9.17, 15) is 8.42 Å². The number of anilines is 1. The first-order valence-electron chi connectivity index (χ1n) is 11.0. The van der Waals surface area contributed by atoms with Crippen molar-refractivity contribution in [1.82, 2.24) is 14.8 Å². The molecule has 1 fully saturated rings. The van der Waals surface area contributed by atoms with Gasteiger partial charge < -0.3 is 9.42 Å². The number of benzene rings is 2. The van der Waals surface area contributed by atoms with E-state index in [4.69, 9.17) is 16.1 Å². The van der Waals surface area contributed by atoms with Crippen molar-refractivity contribution in [2.24, 2.45) is 0 Å². The van der Waals surface area contributed by atoms with Crippen molar-refractivity contribution >= 4 is 59.8 Å². The molecule has 1 N–H and O–H groups in total. The van der Waals surface area contributed by atoms with E-state index >= 15 is 0 Å². The minimum absolute atomic E-state index is 0.330. The third kappa shape index (κ3) is 5.02. The number of nitrogens with zero attached hydrogens (tertiary/aromatic N) is 3. The number of halogens is 1. The van der Waals surface area contributed by atoms with Gasteiger partial charge in [0.1, 0.15) is 4.21 Å². The van der Waals surface area contributed by atoms with Gasteiger partial charge in [-0.15, -0.1) is 11.3 Å². The van der Waals surface area contributed by atoms with Gasteiger partial charge in [0.2, 0.25) is 10.0 Å². The Morgan fingerprint density at radius 2 is 1.88 bits per heavy atom. The van der Waals surface area contributed by atoms with Crippen LogP contribution in [0.4, 0.5) is 5.82 Å². The summed E-state index contributed by atoms with van der Waals surface area (Å²) >= 11 is 7.27. The highest BCUT2D eigenvalue weighted by Crippen LogP contribution is 2.31. The smallest absolute Gasteiger partial charge is 0.250 e. The van der Waals surface area contributed by atoms with Crippen LogP contribution in [0.1, 0.15) is 12.8 Å². The number of nitrogens with one attached hydrogen (secondary N) is 1. The summed E-state index contributed by atoms with van der Waals surface area (Å²) in [4.78, 5) is 4.69. The number of unbranched alkanes of at least 4 members (excludes halogenated alkanes) is 1. The number of fused-ring (bicyclic) bond motifs is 2. The lowest BCUT2D eigenvalue weighted by atomic mass is 10.2. The number of hydrogen-bond acceptors (Lipinski definition) is 7. The van der Waals surface area contributed by atoms with Crippen LogP contribution in [0.5, 0.6) is 0 Å². The fourth-order valence-electron chi connectivity index (χ4n) is 4.14. The molecule has 0 aliphatic carbocycles. The van der Waals surface area contributed by atoms with Crippen LogP contribution in [0.3, 0.4) is 0 Å². The Labute approximate surface area is 202 Å². The maximum atomic E-state index is 12.6. The second-order valence-corrected chi connectivity index (χ2v) is 11.7. The van der Waals surface area contributed by atoms with Crippen LogP contribution in [0.25, 0.3) is 21.1 Å². The highest BCUT2D eigenvalue weighted by Gasteiger charge is 2.21. The maximum Gasteiger partial charge on any atom is 0.250 e. The lowest BCUT2D eigenvalue weighted by Crippen LogP contribution is -2.46. The molecule has 0 unspecified atom stereocenters. The van der Waals surface area contributed by atoms with Gasteiger partial charge in [-0.25, -0.2) is 13.1 Å². The summed E-state index contributed by atoms with van der Waals surface area (Å²) in [5.74, 6) is 0.920. The van der Waals surface area contributed by atoms with Gasteiger partial charge >= 0.3 is 0 Å². The van der Waals surface area contributed by atoms with Gasteiger partial charge in [-0.05, 0) is 61.2 Å². The van der Waals surface area contributed by atoms with Gasteiger partial charge in [-0.2, -0.15) is 0 Å². The first kappa shape index (κ1) is 22.6. The molecule has 7 nitrogen and oxygen atoms in total. The average molecular weight is 505 g/mol. The van der Waals surface area contributed by atoms with Crippen molar-refractivity contribution in [3.63, 3.8) is 0 Å². The summed E-state index contributed by atoms with van der Waals surface area (Å²) in [6.45, 7) is 5.10. The number of aromatic nitrogens is 1. The van der Waals surface area contributed by atoms with Crippen molar-refractivity contribution in [3.05, 3.63) is 53.6 Å². The number of sulfonamides is 1. The highest BCUT2D eigenvalue weighted by atomic mass is 35.5. The highest BCUT2D eigenvalue weighted by molar-refractivity contribution is 7.91. The molecular formula is C23H25ClN4O3S2. The predicted molar refractivity (Wildman–Crippen MR) is 134 cm³/mol. The standard InChI is InChI=1S/C23H25ClN4O3S2/c24-18-7-8-21-17(15-18)16-22(32-21)33(29,30)25-9-3-4-10-27-11-13-28(14-12-27)23-19-5-1-2-6-20(19)31-26-23/h1-2,5-8,15-16,25H,3-4,9-14H2. The van der Waals surface area contributed by atoms with Crippen LogP contribution < -0.4 is 9.62 Å². The normalized spacial score (nSPS) is 15.6. The van der Waals surface area contributed by atoms with Crippen molar-refractivity contribution in [3.8, 4) is 0 Å². The molecule has 4 aromatic rings. The molecule has 2 aromatic heterocycles. The molecule has 5 rings (SSSR count). The predicted octanol–water partition coefficient (Wildman–Crippen LogP) is 4.58. The molecule has 2 aromatic carbocycles. The van der Waals surface area contributed by atoms with Gasteiger partial charge in [0.05, 0.1) is 5.39 Å². The molecule has 0 amide bonds. The zero-order valence-electron chi connectivity index (χ0n) is 18.0. The molecule has 1 aliphatic rings. The number of thiophene rings is 1. The molecule has 174 valence electrons. The van der Waals surface area contributed by atoms with Crippen molar-refractivity contribution in [2.45, 2.75) is 17.1 Å². The van der Waals surface area contributed by atoms with Crippen LogP contribution in [0.15, 0.2) is 57.3 Å². The molecule has 0 spiro atoms. The monoisotopic (exact) mass is 504 g/mol. The summed E-state index contributed by atoms with van der Waals surface area (Å²) in [5.41, 5.74) is 0.817. The zero-order chi connectivity index (χ0) is 22.8. The summed E-state index contributed by atoms with van der Waals surface area (Å²) in [6.07, 6.45) is 1.74. The van der Waals surface area contributed by atoms with Crippen molar-refractivity contribution < 1.29 is 12.9 Å². The zero-order valence-corrected chi connectivity index (χ0v) is 20.4. The maximum absolute atomic E-state index is 12.6. The average Bonchev–Trinajstić information content (AvgIpc) is 3.44. The Hall–Kier alpha value is -2.17. The number of piperazine rings is 1. The topological polar surface area (TPSA) is 78.7 Å². The third-order valence-electron chi connectivity index (χ3n) is 5.94. The molecule has 0 bridgehead atoms. The van der Waals surface area contributed by atoms with Gasteiger partial charge in [-0.1, -0.05) is 28.9 Å². The Morgan fingerprint density at radius 1 is 1.06 bits per heavy atom. The van der Waals surface area contributed by atoms with Crippen molar-refractivity contribution in [2.75, 3.05) is 44.2 Å². The molecular weight excluding hydrogens is 480 g/mol. The van der Waals surface area contributed by atoms with Gasteiger partial charge in [0.25, 0.3) is 0 Å². The lowest BCUT2D eigenvalue weighted by Gasteiger charge is -2.34. The molecule has 0 atom stereocenters. The summed E-state index contributed by atoms with van der Waals surface area (Å²) in [6, 6.07) is 15.0.